The summed E-state index contributed by atoms with van der Waals surface area (Å²) in [7, 11) is 0. The van der Waals surface area contributed by atoms with Crippen LogP contribution >= 0.6 is 0 Å². The molecule has 1 aliphatic rings. The molecule has 1 fully saturated rings. The van der Waals surface area contributed by atoms with Gasteiger partial charge in [0.15, 0.2) is 0 Å². The Bertz CT molecular complexity index is 552. The van der Waals surface area contributed by atoms with Crippen molar-refractivity contribution in [3.8, 4) is 0 Å². The minimum atomic E-state index is -0.134. The summed E-state index contributed by atoms with van der Waals surface area (Å²) >= 11 is 0. The number of carbonyl (C=O) groups excluding carboxylic acids is 2. The number of nitrogens with zero attached hydrogens (tertiary/aromatic N) is 1. The van der Waals surface area contributed by atoms with Crippen molar-refractivity contribution >= 4 is 17.5 Å². The second kappa shape index (κ2) is 7.59. The van der Waals surface area contributed by atoms with E-state index in [1.54, 1.807) is 17.0 Å². The monoisotopic (exact) mass is 318 g/mol. The summed E-state index contributed by atoms with van der Waals surface area (Å²) in [6.07, 6.45) is 3.22. The molecule has 5 nitrogen and oxygen atoms in total. The largest absolute Gasteiger partial charge is 0.396 e. The number of anilines is 1. The fraction of sp³-hybridized carbons (Fsp3) is 0.556. The van der Waals surface area contributed by atoms with E-state index in [0.717, 1.165) is 25.1 Å². The summed E-state index contributed by atoms with van der Waals surface area (Å²) in [5, 5.41) is 11.9. The smallest absolute Gasteiger partial charge is 0.251 e. The number of hydrogen-bond acceptors (Lipinski definition) is 3. The molecule has 0 unspecified atom stereocenters. The molecule has 2 amide bonds. The lowest BCUT2D eigenvalue weighted by Gasteiger charge is -2.27. The number of rotatable bonds is 6. The van der Waals surface area contributed by atoms with Crippen LogP contribution in [0, 0.1) is 5.41 Å². The van der Waals surface area contributed by atoms with Crippen LogP contribution in [0.3, 0.4) is 0 Å². The minimum absolute atomic E-state index is 0.113. The van der Waals surface area contributed by atoms with Crippen molar-refractivity contribution in [1.29, 1.82) is 0 Å². The second-order valence-electron chi connectivity index (χ2n) is 6.87. The van der Waals surface area contributed by atoms with Gasteiger partial charge in [-0.25, -0.2) is 0 Å². The molecule has 0 aliphatic carbocycles. The summed E-state index contributed by atoms with van der Waals surface area (Å²) < 4.78 is 0. The maximum Gasteiger partial charge on any atom is 0.251 e. The number of carbonyl (C=O) groups is 2. The summed E-state index contributed by atoms with van der Waals surface area (Å²) in [5.74, 6) is 0.0201. The topological polar surface area (TPSA) is 69.6 Å². The molecule has 2 N–H and O–H groups in total. The molecular formula is C18H26N2O3. The van der Waals surface area contributed by atoms with Gasteiger partial charge in [-0.15, -0.1) is 0 Å². The molecule has 1 heterocycles. The molecule has 5 heteroatoms. The molecule has 0 atom stereocenters. The first-order chi connectivity index (χ1) is 10.9. The standard InChI is InChI=1S/C18H26N2O3/c1-18(2,10-12-21)13-19-17(23)14-6-8-15(9-7-14)20-11-4-3-5-16(20)22/h6-9,21H,3-5,10-13H2,1-2H3,(H,19,23). The minimum Gasteiger partial charge on any atom is -0.396 e. The summed E-state index contributed by atoms with van der Waals surface area (Å²) in [6, 6.07) is 7.17. The van der Waals surface area contributed by atoms with Crippen molar-refractivity contribution in [3.05, 3.63) is 29.8 Å². The van der Waals surface area contributed by atoms with Gasteiger partial charge in [0.2, 0.25) is 5.91 Å². The normalized spacial score (nSPS) is 15.6. The molecule has 0 radical (unpaired) electrons. The van der Waals surface area contributed by atoms with E-state index < -0.39 is 0 Å². The lowest BCUT2D eigenvalue weighted by Crippen LogP contribution is -2.35. The molecule has 2 rings (SSSR count). The Labute approximate surface area is 137 Å². The van der Waals surface area contributed by atoms with Gasteiger partial charge in [-0.1, -0.05) is 13.8 Å². The van der Waals surface area contributed by atoms with Gasteiger partial charge in [-0.05, 0) is 48.9 Å². The number of benzene rings is 1. The van der Waals surface area contributed by atoms with Crippen LogP contribution < -0.4 is 10.2 Å². The van der Waals surface area contributed by atoms with Crippen molar-refractivity contribution in [3.63, 3.8) is 0 Å². The Kier molecular flexibility index (Phi) is 5.77. The van der Waals surface area contributed by atoms with E-state index in [1.165, 1.54) is 0 Å². The van der Waals surface area contributed by atoms with Crippen LogP contribution in [-0.2, 0) is 4.79 Å². The van der Waals surface area contributed by atoms with E-state index in [4.69, 9.17) is 5.11 Å². The Morgan fingerprint density at radius 2 is 1.96 bits per heavy atom. The molecule has 0 bridgehead atoms. The van der Waals surface area contributed by atoms with Gasteiger partial charge < -0.3 is 15.3 Å². The molecule has 0 saturated carbocycles. The van der Waals surface area contributed by atoms with Gasteiger partial charge in [0.1, 0.15) is 0 Å². The summed E-state index contributed by atoms with van der Waals surface area (Å²) in [5.41, 5.74) is 1.30. The SMILES string of the molecule is CC(C)(CCO)CNC(=O)c1ccc(N2CCCCC2=O)cc1. The molecule has 1 aliphatic heterocycles. The lowest BCUT2D eigenvalue weighted by atomic mass is 9.89. The fourth-order valence-electron chi connectivity index (χ4n) is 2.68. The number of hydrogen-bond donors (Lipinski definition) is 2. The molecule has 0 spiro atoms. The van der Waals surface area contributed by atoms with Crippen LogP contribution in [0.1, 0.15) is 49.9 Å². The second-order valence-corrected chi connectivity index (χ2v) is 6.87. The average Bonchev–Trinajstić information content (AvgIpc) is 2.53. The van der Waals surface area contributed by atoms with Crippen LogP contribution in [0.2, 0.25) is 0 Å². The molecule has 0 aromatic heterocycles. The Morgan fingerprint density at radius 1 is 1.26 bits per heavy atom. The van der Waals surface area contributed by atoms with E-state index in [2.05, 4.69) is 5.32 Å². The van der Waals surface area contributed by atoms with Crippen LogP contribution in [-0.4, -0.2) is 36.6 Å². The third-order valence-electron chi connectivity index (χ3n) is 4.28. The highest BCUT2D eigenvalue weighted by Gasteiger charge is 2.21. The molecular weight excluding hydrogens is 292 g/mol. The third kappa shape index (κ3) is 4.79. The van der Waals surface area contributed by atoms with Gasteiger partial charge in [0, 0.05) is 37.4 Å². The quantitative estimate of drug-likeness (QED) is 0.846. The van der Waals surface area contributed by atoms with Crippen molar-refractivity contribution in [1.82, 2.24) is 5.32 Å². The third-order valence-corrected chi connectivity index (χ3v) is 4.28. The molecule has 1 aromatic rings. The van der Waals surface area contributed by atoms with E-state index in [-0.39, 0.29) is 23.8 Å². The lowest BCUT2D eigenvalue weighted by molar-refractivity contribution is -0.119. The van der Waals surface area contributed by atoms with Crippen LogP contribution in [0.15, 0.2) is 24.3 Å². The van der Waals surface area contributed by atoms with E-state index in [1.807, 2.05) is 26.0 Å². The van der Waals surface area contributed by atoms with Crippen molar-refractivity contribution in [2.45, 2.75) is 39.5 Å². The molecule has 23 heavy (non-hydrogen) atoms. The van der Waals surface area contributed by atoms with E-state index >= 15 is 0 Å². The molecule has 1 saturated heterocycles. The maximum absolute atomic E-state index is 12.2. The summed E-state index contributed by atoms with van der Waals surface area (Å²) in [6.45, 7) is 5.39. The predicted octanol–water partition coefficient (Wildman–Crippen LogP) is 2.34. The van der Waals surface area contributed by atoms with E-state index in [9.17, 15) is 9.59 Å². The molecule has 126 valence electrons. The van der Waals surface area contributed by atoms with Gasteiger partial charge >= 0.3 is 0 Å². The highest BCUT2D eigenvalue weighted by atomic mass is 16.3. The van der Waals surface area contributed by atoms with E-state index in [0.29, 0.717) is 24.9 Å². The Hall–Kier alpha value is -1.88. The Balaban J connectivity index is 1.96. The number of piperidine rings is 1. The van der Waals surface area contributed by atoms with Crippen molar-refractivity contribution in [2.24, 2.45) is 5.41 Å². The van der Waals surface area contributed by atoms with Gasteiger partial charge in [-0.2, -0.15) is 0 Å². The fourth-order valence-corrected chi connectivity index (χ4v) is 2.68. The maximum atomic E-state index is 12.2. The van der Waals surface area contributed by atoms with Crippen LogP contribution in [0.4, 0.5) is 5.69 Å². The van der Waals surface area contributed by atoms with Gasteiger partial charge in [0.25, 0.3) is 5.91 Å². The van der Waals surface area contributed by atoms with Gasteiger partial charge in [-0.3, -0.25) is 9.59 Å². The van der Waals surface area contributed by atoms with Crippen molar-refractivity contribution < 1.29 is 14.7 Å². The highest BCUT2D eigenvalue weighted by molar-refractivity contribution is 5.96. The molecule has 1 aromatic carbocycles. The zero-order valence-corrected chi connectivity index (χ0v) is 14.0. The zero-order valence-electron chi connectivity index (χ0n) is 14.0. The zero-order chi connectivity index (χ0) is 16.9. The first-order valence-corrected chi connectivity index (χ1v) is 8.22. The summed E-state index contributed by atoms with van der Waals surface area (Å²) in [4.78, 5) is 25.9. The average molecular weight is 318 g/mol. The van der Waals surface area contributed by atoms with Crippen LogP contribution in [0.5, 0.6) is 0 Å². The number of aliphatic hydroxyl groups excluding tert-OH is 1. The van der Waals surface area contributed by atoms with Crippen molar-refractivity contribution in [2.75, 3.05) is 24.6 Å². The Morgan fingerprint density at radius 3 is 2.57 bits per heavy atom. The number of nitrogens with one attached hydrogen (secondary N) is 1. The van der Waals surface area contributed by atoms with Gasteiger partial charge in [0.05, 0.1) is 0 Å². The number of amides is 2. The number of aliphatic hydroxyl groups is 1. The van der Waals surface area contributed by atoms with Crippen LogP contribution in [0.25, 0.3) is 0 Å². The predicted molar refractivity (Wildman–Crippen MR) is 90.5 cm³/mol. The first-order valence-electron chi connectivity index (χ1n) is 8.22. The first kappa shape index (κ1) is 17.5. The highest BCUT2D eigenvalue weighted by Crippen LogP contribution is 2.22.